The maximum absolute atomic E-state index is 5.23. The van der Waals surface area contributed by atoms with Crippen molar-refractivity contribution >= 4 is 0 Å². The van der Waals surface area contributed by atoms with E-state index in [-0.39, 0.29) is 0 Å². The van der Waals surface area contributed by atoms with Crippen LogP contribution in [0.15, 0.2) is 4.52 Å². The average molecular weight is 209 g/mol. The summed E-state index contributed by atoms with van der Waals surface area (Å²) in [6.45, 7) is 2.11. The van der Waals surface area contributed by atoms with Crippen LogP contribution < -0.4 is 5.32 Å². The second kappa shape index (κ2) is 4.75. The van der Waals surface area contributed by atoms with E-state index in [0.29, 0.717) is 6.04 Å². The van der Waals surface area contributed by atoms with Crippen LogP contribution >= 0.6 is 0 Å². The maximum atomic E-state index is 5.23. The summed E-state index contributed by atoms with van der Waals surface area (Å²) in [5.74, 6) is 2.43. The van der Waals surface area contributed by atoms with Gasteiger partial charge in [0.15, 0.2) is 5.82 Å². The smallest absolute Gasteiger partial charge is 0.226 e. The molecule has 4 heteroatoms. The zero-order valence-corrected chi connectivity index (χ0v) is 9.49. The molecule has 0 spiro atoms. The Morgan fingerprint density at radius 1 is 1.53 bits per heavy atom. The maximum Gasteiger partial charge on any atom is 0.226 e. The van der Waals surface area contributed by atoms with E-state index in [9.17, 15) is 0 Å². The number of aromatic nitrogens is 2. The highest BCUT2D eigenvalue weighted by molar-refractivity contribution is 4.91. The number of likely N-dealkylation sites (N-methyl/N-ethyl adjacent to an activating group) is 1. The van der Waals surface area contributed by atoms with Gasteiger partial charge in [0.25, 0.3) is 0 Å². The minimum Gasteiger partial charge on any atom is -0.339 e. The number of hydrogen-bond acceptors (Lipinski definition) is 4. The van der Waals surface area contributed by atoms with Gasteiger partial charge in [0.05, 0.1) is 0 Å². The Morgan fingerprint density at radius 3 is 2.93 bits per heavy atom. The first-order valence-corrected chi connectivity index (χ1v) is 5.76. The Balaban J connectivity index is 1.85. The number of nitrogens with one attached hydrogen (secondary N) is 1. The van der Waals surface area contributed by atoms with Crippen molar-refractivity contribution in [3.05, 3.63) is 11.7 Å². The molecule has 1 heterocycles. The SMILES string of the molecule is CNC(C)Cc1noc(CC2CCC2)n1. The molecule has 84 valence electrons. The number of rotatable bonds is 5. The van der Waals surface area contributed by atoms with Crippen LogP contribution in [0.5, 0.6) is 0 Å². The van der Waals surface area contributed by atoms with Gasteiger partial charge in [-0.1, -0.05) is 11.6 Å². The van der Waals surface area contributed by atoms with Gasteiger partial charge in [0.2, 0.25) is 5.89 Å². The number of hydrogen-bond donors (Lipinski definition) is 1. The lowest BCUT2D eigenvalue weighted by Crippen LogP contribution is -2.24. The zero-order chi connectivity index (χ0) is 10.7. The second-order valence-electron chi connectivity index (χ2n) is 4.50. The first-order valence-electron chi connectivity index (χ1n) is 5.76. The molecule has 1 N–H and O–H groups in total. The van der Waals surface area contributed by atoms with Crippen molar-refractivity contribution in [2.45, 2.75) is 45.1 Å². The molecular weight excluding hydrogens is 190 g/mol. The van der Waals surface area contributed by atoms with Crippen LogP contribution in [-0.2, 0) is 12.8 Å². The molecule has 0 amide bonds. The first kappa shape index (κ1) is 10.6. The molecule has 1 aromatic heterocycles. The van der Waals surface area contributed by atoms with Gasteiger partial charge in [-0.3, -0.25) is 0 Å². The van der Waals surface area contributed by atoms with E-state index < -0.39 is 0 Å². The monoisotopic (exact) mass is 209 g/mol. The third-order valence-electron chi connectivity index (χ3n) is 3.18. The molecule has 0 radical (unpaired) electrons. The largest absolute Gasteiger partial charge is 0.339 e. The van der Waals surface area contributed by atoms with Crippen LogP contribution in [0.3, 0.4) is 0 Å². The van der Waals surface area contributed by atoms with E-state index in [1.165, 1.54) is 19.3 Å². The third kappa shape index (κ3) is 2.78. The van der Waals surface area contributed by atoms with Crippen molar-refractivity contribution in [1.82, 2.24) is 15.5 Å². The lowest BCUT2D eigenvalue weighted by Gasteiger charge is -2.23. The predicted molar refractivity (Wildman–Crippen MR) is 57.6 cm³/mol. The van der Waals surface area contributed by atoms with Crippen molar-refractivity contribution in [1.29, 1.82) is 0 Å². The van der Waals surface area contributed by atoms with E-state index in [1.54, 1.807) is 0 Å². The van der Waals surface area contributed by atoms with Crippen LogP contribution in [0.2, 0.25) is 0 Å². The van der Waals surface area contributed by atoms with Crippen LogP contribution in [-0.4, -0.2) is 23.2 Å². The van der Waals surface area contributed by atoms with Gasteiger partial charge in [0.1, 0.15) is 0 Å². The van der Waals surface area contributed by atoms with Crippen LogP contribution in [0.1, 0.15) is 37.9 Å². The van der Waals surface area contributed by atoms with Crippen molar-refractivity contribution in [2.75, 3.05) is 7.05 Å². The fourth-order valence-corrected chi connectivity index (χ4v) is 1.78. The van der Waals surface area contributed by atoms with E-state index in [4.69, 9.17) is 4.52 Å². The Bertz CT molecular complexity index is 285. The molecule has 15 heavy (non-hydrogen) atoms. The molecule has 1 unspecified atom stereocenters. The molecule has 1 fully saturated rings. The molecule has 0 aromatic carbocycles. The van der Waals surface area contributed by atoms with Crippen LogP contribution in [0.25, 0.3) is 0 Å². The van der Waals surface area contributed by atoms with Gasteiger partial charge < -0.3 is 9.84 Å². The predicted octanol–water partition coefficient (Wildman–Crippen LogP) is 1.56. The molecule has 4 nitrogen and oxygen atoms in total. The van der Waals surface area contributed by atoms with Gasteiger partial charge in [-0.25, -0.2) is 0 Å². The highest BCUT2D eigenvalue weighted by Gasteiger charge is 2.20. The van der Waals surface area contributed by atoms with Crippen LogP contribution in [0.4, 0.5) is 0 Å². The summed E-state index contributed by atoms with van der Waals surface area (Å²) >= 11 is 0. The summed E-state index contributed by atoms with van der Waals surface area (Å²) < 4.78 is 5.23. The third-order valence-corrected chi connectivity index (χ3v) is 3.18. The van der Waals surface area contributed by atoms with Crippen molar-refractivity contribution in [3.8, 4) is 0 Å². The highest BCUT2D eigenvalue weighted by Crippen LogP contribution is 2.29. The Labute approximate surface area is 90.4 Å². The van der Waals surface area contributed by atoms with Gasteiger partial charge in [0, 0.05) is 18.9 Å². The van der Waals surface area contributed by atoms with Gasteiger partial charge in [-0.2, -0.15) is 4.98 Å². The topological polar surface area (TPSA) is 51.0 Å². The minimum absolute atomic E-state index is 0.402. The lowest BCUT2D eigenvalue weighted by molar-refractivity contribution is 0.273. The second-order valence-corrected chi connectivity index (χ2v) is 4.50. The quantitative estimate of drug-likeness (QED) is 0.799. The first-order chi connectivity index (χ1) is 7.28. The fourth-order valence-electron chi connectivity index (χ4n) is 1.78. The lowest BCUT2D eigenvalue weighted by atomic mass is 9.83. The Hall–Kier alpha value is -0.900. The molecule has 2 rings (SSSR count). The van der Waals surface area contributed by atoms with Crippen LogP contribution in [0, 0.1) is 5.92 Å². The highest BCUT2D eigenvalue weighted by atomic mass is 16.5. The molecular formula is C11H19N3O. The van der Waals surface area contributed by atoms with E-state index in [1.807, 2.05) is 7.05 Å². The standard InChI is InChI=1S/C11H19N3O/c1-8(12-2)6-10-13-11(15-14-10)7-9-4-3-5-9/h8-9,12H,3-7H2,1-2H3. The zero-order valence-electron chi connectivity index (χ0n) is 9.49. The Kier molecular flexibility index (Phi) is 3.36. The van der Waals surface area contributed by atoms with Gasteiger partial charge in [-0.15, -0.1) is 0 Å². The van der Waals surface area contributed by atoms with E-state index >= 15 is 0 Å². The van der Waals surface area contributed by atoms with Crippen molar-refractivity contribution in [3.63, 3.8) is 0 Å². The summed E-state index contributed by atoms with van der Waals surface area (Å²) in [7, 11) is 1.94. The molecule has 0 saturated heterocycles. The van der Waals surface area contributed by atoms with Crippen molar-refractivity contribution < 1.29 is 4.52 Å². The fraction of sp³-hybridized carbons (Fsp3) is 0.818. The molecule has 1 saturated carbocycles. The average Bonchev–Trinajstić information content (AvgIpc) is 2.59. The number of nitrogens with zero attached hydrogens (tertiary/aromatic N) is 2. The minimum atomic E-state index is 0.402. The summed E-state index contributed by atoms with van der Waals surface area (Å²) in [6, 6.07) is 0.402. The molecule has 0 bridgehead atoms. The summed E-state index contributed by atoms with van der Waals surface area (Å²) in [4.78, 5) is 4.40. The molecule has 1 aliphatic carbocycles. The summed E-state index contributed by atoms with van der Waals surface area (Å²) in [5, 5.41) is 7.15. The molecule has 1 aromatic rings. The molecule has 1 aliphatic rings. The van der Waals surface area contributed by atoms with Gasteiger partial charge in [-0.05, 0) is 32.7 Å². The molecule has 1 atom stereocenters. The van der Waals surface area contributed by atoms with Gasteiger partial charge >= 0.3 is 0 Å². The van der Waals surface area contributed by atoms with E-state index in [2.05, 4.69) is 22.4 Å². The van der Waals surface area contributed by atoms with E-state index in [0.717, 1.165) is 30.5 Å². The summed E-state index contributed by atoms with van der Waals surface area (Å²) in [6.07, 6.45) is 5.82. The summed E-state index contributed by atoms with van der Waals surface area (Å²) in [5.41, 5.74) is 0. The molecule has 0 aliphatic heterocycles. The normalized spacial score (nSPS) is 18.8. The Morgan fingerprint density at radius 2 is 2.33 bits per heavy atom. The van der Waals surface area contributed by atoms with Crippen molar-refractivity contribution in [2.24, 2.45) is 5.92 Å².